The van der Waals surface area contributed by atoms with Crippen molar-refractivity contribution in [1.29, 1.82) is 0 Å². The Bertz CT molecular complexity index is 555. The Hall–Kier alpha value is -1.06. The van der Waals surface area contributed by atoms with E-state index >= 15 is 0 Å². The highest BCUT2D eigenvalue weighted by molar-refractivity contribution is 14.0. The molecule has 0 aliphatic rings. The number of rotatable bonds is 13. The fraction of sp³-hybridized carbons (Fsp3) is 0.667. The van der Waals surface area contributed by atoms with Crippen molar-refractivity contribution in [3.8, 4) is 5.75 Å². The molecule has 1 aromatic rings. The molecule has 2 N–H and O–H groups in total. The van der Waals surface area contributed by atoms with E-state index in [2.05, 4.69) is 59.6 Å². The number of hydrogen-bond acceptors (Lipinski definition) is 4. The summed E-state index contributed by atoms with van der Waals surface area (Å²) in [6.45, 7) is 11.8. The number of aryl methyl sites for hydroxylation is 1. The van der Waals surface area contributed by atoms with Crippen LogP contribution in [-0.2, 0) is 11.3 Å². The molecule has 0 bridgehead atoms. The third kappa shape index (κ3) is 11.7. The van der Waals surface area contributed by atoms with E-state index in [1.165, 1.54) is 18.4 Å². The Balaban J connectivity index is 0.00000729. The molecule has 0 amide bonds. The summed E-state index contributed by atoms with van der Waals surface area (Å²) in [7, 11) is 3.95. The zero-order chi connectivity index (χ0) is 19.9. The Kier molecular flexibility index (Phi) is 16.2. The van der Waals surface area contributed by atoms with Gasteiger partial charge in [0.15, 0.2) is 5.96 Å². The molecule has 0 aromatic heterocycles. The van der Waals surface area contributed by atoms with E-state index in [0.29, 0.717) is 26.4 Å². The van der Waals surface area contributed by atoms with E-state index in [0.717, 1.165) is 36.9 Å². The fourth-order valence-corrected chi connectivity index (χ4v) is 2.60. The first kappa shape index (κ1) is 26.9. The Morgan fingerprint density at radius 2 is 1.93 bits per heavy atom. The first-order valence-corrected chi connectivity index (χ1v) is 10.0. The van der Waals surface area contributed by atoms with Gasteiger partial charge in [0, 0.05) is 38.9 Å². The maximum Gasteiger partial charge on any atom is 0.191 e. The van der Waals surface area contributed by atoms with Crippen LogP contribution in [0.15, 0.2) is 23.2 Å². The average molecular weight is 506 g/mol. The van der Waals surface area contributed by atoms with E-state index in [4.69, 9.17) is 9.47 Å². The van der Waals surface area contributed by atoms with Crippen molar-refractivity contribution in [2.45, 2.75) is 40.2 Å². The summed E-state index contributed by atoms with van der Waals surface area (Å²) in [5, 5.41) is 6.75. The molecular formula is C21H39IN4O2. The summed E-state index contributed by atoms with van der Waals surface area (Å²) < 4.78 is 11.3. The Labute approximate surface area is 188 Å². The van der Waals surface area contributed by atoms with Crippen molar-refractivity contribution >= 4 is 29.9 Å². The lowest BCUT2D eigenvalue weighted by Crippen LogP contribution is -2.40. The number of halogens is 1. The van der Waals surface area contributed by atoms with Gasteiger partial charge in [-0.2, -0.15) is 0 Å². The summed E-state index contributed by atoms with van der Waals surface area (Å²) in [4.78, 5) is 6.65. The van der Waals surface area contributed by atoms with E-state index in [9.17, 15) is 0 Å². The zero-order valence-electron chi connectivity index (χ0n) is 18.2. The summed E-state index contributed by atoms with van der Waals surface area (Å²) in [6.07, 6.45) is 2.47. The lowest BCUT2D eigenvalue weighted by Gasteiger charge is -2.18. The third-order valence-corrected chi connectivity index (χ3v) is 4.26. The highest BCUT2D eigenvalue weighted by atomic mass is 127. The molecule has 0 unspecified atom stereocenters. The molecule has 0 heterocycles. The number of nitrogens with one attached hydrogen (secondary N) is 2. The van der Waals surface area contributed by atoms with Crippen LogP contribution >= 0.6 is 24.0 Å². The molecule has 0 saturated carbocycles. The SMILES string of the molecule is CCCCN(C)CCNC(=NC)NCc1ccc(C)cc1OCCOCC.I. The quantitative estimate of drug-likeness (QED) is 0.186. The van der Waals surface area contributed by atoms with Gasteiger partial charge in [0.25, 0.3) is 0 Å². The van der Waals surface area contributed by atoms with Crippen molar-refractivity contribution in [3.05, 3.63) is 29.3 Å². The molecule has 1 rings (SSSR count). The number of guanidine groups is 1. The summed E-state index contributed by atoms with van der Waals surface area (Å²) >= 11 is 0. The van der Waals surface area contributed by atoms with E-state index in [1.54, 1.807) is 7.05 Å². The van der Waals surface area contributed by atoms with Crippen LogP contribution < -0.4 is 15.4 Å². The summed E-state index contributed by atoms with van der Waals surface area (Å²) in [6, 6.07) is 6.28. The molecular weight excluding hydrogens is 467 g/mol. The molecule has 0 atom stereocenters. The average Bonchev–Trinajstić information content (AvgIpc) is 2.67. The van der Waals surface area contributed by atoms with Crippen LogP contribution in [0.2, 0.25) is 0 Å². The van der Waals surface area contributed by atoms with Crippen LogP contribution in [0.3, 0.4) is 0 Å². The van der Waals surface area contributed by atoms with Gasteiger partial charge in [-0.3, -0.25) is 4.99 Å². The Morgan fingerprint density at radius 3 is 2.61 bits per heavy atom. The van der Waals surface area contributed by atoms with Gasteiger partial charge in [-0.25, -0.2) is 0 Å². The van der Waals surface area contributed by atoms with Crippen molar-refractivity contribution in [1.82, 2.24) is 15.5 Å². The maximum absolute atomic E-state index is 5.90. The number of ether oxygens (including phenoxy) is 2. The van der Waals surface area contributed by atoms with Gasteiger partial charge in [0.1, 0.15) is 12.4 Å². The minimum Gasteiger partial charge on any atom is -0.491 e. The summed E-state index contributed by atoms with van der Waals surface area (Å²) in [5.41, 5.74) is 2.29. The molecule has 7 heteroatoms. The van der Waals surface area contributed by atoms with Gasteiger partial charge in [-0.1, -0.05) is 25.5 Å². The number of hydrogen-bond donors (Lipinski definition) is 2. The van der Waals surface area contributed by atoms with Gasteiger partial charge in [0.2, 0.25) is 0 Å². The molecule has 0 aliphatic carbocycles. The molecule has 0 spiro atoms. The van der Waals surface area contributed by atoms with Gasteiger partial charge < -0.3 is 25.0 Å². The van der Waals surface area contributed by atoms with Crippen molar-refractivity contribution in [2.75, 3.05) is 53.6 Å². The number of aliphatic imine (C=N–C) groups is 1. The molecule has 0 fully saturated rings. The van der Waals surface area contributed by atoms with Gasteiger partial charge in [-0.15, -0.1) is 24.0 Å². The maximum atomic E-state index is 5.90. The van der Waals surface area contributed by atoms with Crippen LogP contribution in [0.5, 0.6) is 5.75 Å². The largest absolute Gasteiger partial charge is 0.491 e. The zero-order valence-corrected chi connectivity index (χ0v) is 20.5. The minimum atomic E-state index is 0. The van der Waals surface area contributed by atoms with Gasteiger partial charge >= 0.3 is 0 Å². The van der Waals surface area contributed by atoms with Crippen LogP contribution in [0, 0.1) is 6.92 Å². The van der Waals surface area contributed by atoms with Crippen LogP contribution in [0.25, 0.3) is 0 Å². The molecule has 0 saturated heterocycles. The van der Waals surface area contributed by atoms with Crippen LogP contribution in [0.1, 0.15) is 37.8 Å². The standard InChI is InChI=1S/C21H38N4O2.HI/c1-6-8-12-25(5)13-11-23-21(22-4)24-17-19-10-9-18(3)16-20(19)27-15-14-26-7-2;/h9-10,16H,6-8,11-15,17H2,1-5H3,(H2,22,23,24);1H. The number of unbranched alkanes of at least 4 members (excludes halogenated alkanes) is 1. The molecule has 0 aliphatic heterocycles. The summed E-state index contributed by atoms with van der Waals surface area (Å²) in [5.74, 6) is 1.71. The fourth-order valence-electron chi connectivity index (χ4n) is 2.60. The monoisotopic (exact) mass is 506 g/mol. The van der Waals surface area contributed by atoms with Crippen molar-refractivity contribution in [3.63, 3.8) is 0 Å². The number of nitrogens with zero attached hydrogens (tertiary/aromatic N) is 2. The topological polar surface area (TPSA) is 58.1 Å². The lowest BCUT2D eigenvalue weighted by atomic mass is 10.1. The minimum absolute atomic E-state index is 0. The molecule has 0 radical (unpaired) electrons. The Morgan fingerprint density at radius 1 is 1.14 bits per heavy atom. The van der Waals surface area contributed by atoms with Crippen molar-refractivity contribution in [2.24, 2.45) is 4.99 Å². The second kappa shape index (κ2) is 16.9. The highest BCUT2D eigenvalue weighted by Gasteiger charge is 2.06. The smallest absolute Gasteiger partial charge is 0.191 e. The van der Waals surface area contributed by atoms with Crippen LogP contribution in [0.4, 0.5) is 0 Å². The van der Waals surface area contributed by atoms with E-state index < -0.39 is 0 Å². The van der Waals surface area contributed by atoms with E-state index in [-0.39, 0.29) is 24.0 Å². The van der Waals surface area contributed by atoms with Crippen LogP contribution in [-0.4, -0.2) is 64.4 Å². The van der Waals surface area contributed by atoms with E-state index in [1.807, 2.05) is 6.92 Å². The normalized spacial score (nSPS) is 11.3. The number of benzene rings is 1. The second-order valence-corrected chi connectivity index (χ2v) is 6.67. The molecule has 6 nitrogen and oxygen atoms in total. The van der Waals surface area contributed by atoms with Crippen molar-refractivity contribution < 1.29 is 9.47 Å². The highest BCUT2D eigenvalue weighted by Crippen LogP contribution is 2.20. The van der Waals surface area contributed by atoms with Gasteiger partial charge in [-0.05, 0) is 45.5 Å². The lowest BCUT2D eigenvalue weighted by molar-refractivity contribution is 0.110. The molecule has 1 aromatic carbocycles. The molecule has 162 valence electrons. The van der Waals surface area contributed by atoms with Gasteiger partial charge in [0.05, 0.1) is 6.61 Å². The first-order valence-electron chi connectivity index (χ1n) is 10.0. The predicted octanol–water partition coefficient (Wildman–Crippen LogP) is 3.43. The molecule has 28 heavy (non-hydrogen) atoms. The third-order valence-electron chi connectivity index (χ3n) is 4.26. The predicted molar refractivity (Wildman–Crippen MR) is 129 cm³/mol. The first-order chi connectivity index (χ1) is 13.1. The second-order valence-electron chi connectivity index (χ2n) is 6.67. The number of likely N-dealkylation sites (N-methyl/N-ethyl adjacent to an activating group) is 1.